The number of nitrogens with one attached hydrogen (secondary N) is 1. The minimum Gasteiger partial charge on any atom is -0.465 e. The first-order valence-electron chi connectivity index (χ1n) is 11.8. The number of rotatable bonds is 4. The maximum atomic E-state index is 12.1. The monoisotopic (exact) mass is 467 g/mol. The minimum absolute atomic E-state index is 0.0574. The molecule has 2 N–H and O–H groups in total. The second-order valence-electron chi connectivity index (χ2n) is 10.1. The van der Waals surface area contributed by atoms with E-state index < -0.39 is 6.09 Å². The number of ether oxygens (including phenoxy) is 1. The molecule has 3 aromatic carbocycles. The van der Waals surface area contributed by atoms with E-state index in [0.29, 0.717) is 13.0 Å². The van der Waals surface area contributed by atoms with E-state index in [0.717, 1.165) is 44.7 Å². The van der Waals surface area contributed by atoms with Crippen molar-refractivity contribution in [2.75, 3.05) is 6.54 Å². The summed E-state index contributed by atoms with van der Waals surface area (Å²) in [6, 6.07) is 21.8. The average molecular weight is 468 g/mol. The fourth-order valence-electron chi connectivity index (χ4n) is 4.77. The van der Waals surface area contributed by atoms with Gasteiger partial charge in [0.05, 0.1) is 11.7 Å². The van der Waals surface area contributed by atoms with Gasteiger partial charge < -0.3 is 14.7 Å². The summed E-state index contributed by atoms with van der Waals surface area (Å²) in [5, 5.41) is 18.3. The zero-order valence-corrected chi connectivity index (χ0v) is 20.2. The third kappa shape index (κ3) is 4.64. The van der Waals surface area contributed by atoms with Gasteiger partial charge in [-0.1, -0.05) is 57.2 Å². The topological polar surface area (TPSA) is 78.5 Å². The van der Waals surface area contributed by atoms with Crippen molar-refractivity contribution in [1.82, 2.24) is 15.1 Å². The Morgan fingerprint density at radius 2 is 1.74 bits per heavy atom. The van der Waals surface area contributed by atoms with Gasteiger partial charge in [-0.15, -0.1) is 0 Å². The molecule has 35 heavy (non-hydrogen) atoms. The highest BCUT2D eigenvalue weighted by Crippen LogP contribution is 2.37. The van der Waals surface area contributed by atoms with Crippen molar-refractivity contribution in [3.05, 3.63) is 84.6 Å². The van der Waals surface area contributed by atoms with E-state index in [2.05, 4.69) is 49.2 Å². The standard InChI is InChI=1S/C29H29N3O3/c1-29(2,3)26-14-11-20(18-32(26)28(33)34)21-15-22-17-30-31-27(22)25(16-21)19-9-12-24(13-10-19)35-23-7-5-4-6-8-23/h4-13,15-17,26H,14,18H2,1-3H3,(H,30,31)(H,33,34). The Hall–Kier alpha value is -4.06. The second kappa shape index (κ2) is 8.95. The highest BCUT2D eigenvalue weighted by Gasteiger charge is 2.35. The molecule has 1 unspecified atom stereocenters. The number of fused-ring (bicyclic) bond motifs is 1. The Morgan fingerprint density at radius 1 is 1.03 bits per heavy atom. The van der Waals surface area contributed by atoms with E-state index in [9.17, 15) is 9.90 Å². The first-order valence-corrected chi connectivity index (χ1v) is 11.8. The lowest BCUT2D eigenvalue weighted by molar-refractivity contribution is 0.0886. The zero-order chi connectivity index (χ0) is 24.6. The molecule has 1 aromatic heterocycles. The van der Waals surface area contributed by atoms with Gasteiger partial charge in [-0.3, -0.25) is 5.10 Å². The largest absolute Gasteiger partial charge is 0.465 e. The number of aromatic amines is 1. The first kappa shape index (κ1) is 22.7. The Bertz CT molecular complexity index is 1380. The highest BCUT2D eigenvalue weighted by molar-refractivity contribution is 5.96. The molecular weight excluding hydrogens is 438 g/mol. The molecule has 6 heteroatoms. The maximum Gasteiger partial charge on any atom is 0.407 e. The molecule has 4 aromatic rings. The van der Waals surface area contributed by atoms with Crippen LogP contribution >= 0.6 is 0 Å². The maximum absolute atomic E-state index is 12.1. The van der Waals surface area contributed by atoms with Crippen LogP contribution in [0.2, 0.25) is 0 Å². The summed E-state index contributed by atoms with van der Waals surface area (Å²) in [4.78, 5) is 13.7. The number of hydrogen-bond donors (Lipinski definition) is 2. The molecule has 5 rings (SSSR count). The molecule has 0 saturated carbocycles. The SMILES string of the molecule is CC(C)(C)C1CC=C(c2cc(-c3ccc(Oc4ccccc4)cc3)c3[nH]ncc3c2)CN1C(=O)O. The molecule has 0 radical (unpaired) electrons. The summed E-state index contributed by atoms with van der Waals surface area (Å²) in [5.74, 6) is 1.55. The van der Waals surface area contributed by atoms with Gasteiger partial charge in [-0.2, -0.15) is 5.10 Å². The van der Waals surface area contributed by atoms with Crippen molar-refractivity contribution >= 4 is 22.6 Å². The predicted octanol–water partition coefficient (Wildman–Crippen LogP) is 7.20. The van der Waals surface area contributed by atoms with Crippen LogP contribution in [-0.4, -0.2) is 38.9 Å². The van der Waals surface area contributed by atoms with Crippen molar-refractivity contribution in [1.29, 1.82) is 0 Å². The minimum atomic E-state index is -0.880. The molecule has 1 amide bonds. The number of benzene rings is 3. The van der Waals surface area contributed by atoms with Gasteiger partial charge in [-0.25, -0.2) is 4.79 Å². The van der Waals surface area contributed by atoms with E-state index in [1.165, 1.54) is 0 Å². The van der Waals surface area contributed by atoms with E-state index in [-0.39, 0.29) is 11.5 Å². The van der Waals surface area contributed by atoms with Crippen molar-refractivity contribution < 1.29 is 14.6 Å². The summed E-state index contributed by atoms with van der Waals surface area (Å²) in [6.07, 6.45) is 3.81. The summed E-state index contributed by atoms with van der Waals surface area (Å²) in [5.41, 5.74) is 4.88. The van der Waals surface area contributed by atoms with Gasteiger partial charge in [0.25, 0.3) is 0 Å². The van der Waals surface area contributed by atoms with E-state index in [4.69, 9.17) is 4.74 Å². The fraction of sp³-hybridized carbons (Fsp3) is 0.241. The number of para-hydroxylation sites is 1. The molecule has 0 spiro atoms. The third-order valence-electron chi connectivity index (χ3n) is 6.61. The number of nitrogens with zero attached hydrogens (tertiary/aromatic N) is 2. The van der Waals surface area contributed by atoms with Crippen LogP contribution in [0, 0.1) is 5.41 Å². The Morgan fingerprint density at radius 3 is 2.43 bits per heavy atom. The van der Waals surface area contributed by atoms with Gasteiger partial charge in [-0.05, 0) is 64.9 Å². The number of amides is 1. The quantitative estimate of drug-likeness (QED) is 0.332. The fourth-order valence-corrected chi connectivity index (χ4v) is 4.77. The Balaban J connectivity index is 1.49. The highest BCUT2D eigenvalue weighted by atomic mass is 16.5. The molecule has 2 heterocycles. The predicted molar refractivity (Wildman–Crippen MR) is 139 cm³/mol. The van der Waals surface area contributed by atoms with Gasteiger partial charge >= 0.3 is 6.09 Å². The lowest BCUT2D eigenvalue weighted by Gasteiger charge is -2.41. The van der Waals surface area contributed by atoms with Gasteiger partial charge in [0.15, 0.2) is 0 Å². The molecule has 1 aliphatic heterocycles. The lowest BCUT2D eigenvalue weighted by atomic mass is 9.80. The number of carboxylic acid groups (broad SMARTS) is 1. The second-order valence-corrected chi connectivity index (χ2v) is 10.1. The van der Waals surface area contributed by atoms with E-state index in [1.807, 2.05) is 60.8 Å². The summed E-state index contributed by atoms with van der Waals surface area (Å²) < 4.78 is 5.94. The van der Waals surface area contributed by atoms with Crippen LogP contribution < -0.4 is 4.74 Å². The molecule has 0 bridgehead atoms. The Kier molecular flexibility index (Phi) is 5.81. The third-order valence-corrected chi connectivity index (χ3v) is 6.61. The average Bonchev–Trinajstić information content (AvgIpc) is 3.32. The zero-order valence-electron chi connectivity index (χ0n) is 20.2. The normalized spacial score (nSPS) is 16.3. The molecular formula is C29H29N3O3. The molecule has 178 valence electrons. The number of carbonyl (C=O) groups is 1. The number of H-pyrrole nitrogens is 1. The van der Waals surface area contributed by atoms with Crippen molar-refractivity contribution in [2.24, 2.45) is 5.41 Å². The van der Waals surface area contributed by atoms with Gasteiger partial charge in [0.2, 0.25) is 0 Å². The summed E-state index contributed by atoms with van der Waals surface area (Å²) in [6.45, 7) is 6.64. The molecule has 6 nitrogen and oxygen atoms in total. The van der Waals surface area contributed by atoms with Crippen LogP contribution in [0.3, 0.4) is 0 Å². The van der Waals surface area contributed by atoms with Crippen molar-refractivity contribution in [3.63, 3.8) is 0 Å². The summed E-state index contributed by atoms with van der Waals surface area (Å²) in [7, 11) is 0. The summed E-state index contributed by atoms with van der Waals surface area (Å²) >= 11 is 0. The molecule has 1 atom stereocenters. The smallest absolute Gasteiger partial charge is 0.407 e. The lowest BCUT2D eigenvalue weighted by Crippen LogP contribution is -2.49. The van der Waals surface area contributed by atoms with Crippen molar-refractivity contribution in [3.8, 4) is 22.6 Å². The van der Waals surface area contributed by atoms with Crippen LogP contribution in [0.5, 0.6) is 11.5 Å². The number of hydrogen-bond acceptors (Lipinski definition) is 3. The van der Waals surface area contributed by atoms with Crippen LogP contribution in [0.25, 0.3) is 27.6 Å². The van der Waals surface area contributed by atoms with Gasteiger partial charge in [0.1, 0.15) is 11.5 Å². The molecule has 0 fully saturated rings. The van der Waals surface area contributed by atoms with Crippen LogP contribution in [0.15, 0.2) is 79.0 Å². The molecule has 0 aliphatic carbocycles. The van der Waals surface area contributed by atoms with Crippen LogP contribution in [0.4, 0.5) is 4.79 Å². The van der Waals surface area contributed by atoms with E-state index >= 15 is 0 Å². The molecule has 1 aliphatic rings. The van der Waals surface area contributed by atoms with E-state index in [1.54, 1.807) is 4.90 Å². The van der Waals surface area contributed by atoms with Crippen LogP contribution in [-0.2, 0) is 0 Å². The molecule has 0 saturated heterocycles. The van der Waals surface area contributed by atoms with Crippen molar-refractivity contribution in [2.45, 2.75) is 33.2 Å². The van der Waals surface area contributed by atoms with Crippen LogP contribution in [0.1, 0.15) is 32.8 Å². The van der Waals surface area contributed by atoms with Gasteiger partial charge in [0, 0.05) is 23.5 Å². The Labute approximate surface area is 204 Å². The number of aromatic nitrogens is 2. The first-order chi connectivity index (χ1) is 16.8.